The molecule has 1 atom stereocenters. The minimum atomic E-state index is -3.75. The summed E-state index contributed by atoms with van der Waals surface area (Å²) in [6.07, 6.45) is 10.2. The van der Waals surface area contributed by atoms with Crippen molar-refractivity contribution in [3.63, 3.8) is 0 Å². The van der Waals surface area contributed by atoms with Gasteiger partial charge in [-0.2, -0.15) is 4.31 Å². The third-order valence-corrected chi connectivity index (χ3v) is 8.47. The molecule has 1 aliphatic carbocycles. The number of sulfonamides is 1. The number of carbonyl (C=O) groups is 2. The maximum absolute atomic E-state index is 13.2. The van der Waals surface area contributed by atoms with Crippen molar-refractivity contribution < 1.29 is 18.0 Å². The Bertz CT molecular complexity index is 869. The van der Waals surface area contributed by atoms with Crippen LogP contribution in [0.2, 0.25) is 0 Å². The average Bonchev–Trinajstić information content (AvgIpc) is 3.47. The van der Waals surface area contributed by atoms with Gasteiger partial charge in [0.2, 0.25) is 15.9 Å². The first-order valence-corrected chi connectivity index (χ1v) is 12.7. The van der Waals surface area contributed by atoms with Crippen LogP contribution >= 0.6 is 0 Å². The molecular weight excluding hydrogens is 404 g/mol. The van der Waals surface area contributed by atoms with Crippen molar-refractivity contribution in [2.45, 2.75) is 68.7 Å². The number of aromatic amines is 1. The van der Waals surface area contributed by atoms with Crippen LogP contribution in [0.5, 0.6) is 0 Å². The van der Waals surface area contributed by atoms with E-state index in [4.69, 9.17) is 0 Å². The third-order valence-electron chi connectivity index (χ3n) is 6.62. The highest BCUT2D eigenvalue weighted by Gasteiger charge is 2.35. The van der Waals surface area contributed by atoms with Gasteiger partial charge in [0.1, 0.15) is 10.6 Å². The van der Waals surface area contributed by atoms with E-state index < -0.39 is 10.0 Å². The molecule has 3 heterocycles. The zero-order chi connectivity index (χ0) is 21.1. The Kier molecular flexibility index (Phi) is 6.48. The molecule has 0 spiro atoms. The summed E-state index contributed by atoms with van der Waals surface area (Å²) in [5, 5.41) is 3.13. The quantitative estimate of drug-likeness (QED) is 0.738. The number of hydrogen-bond acceptors (Lipinski definition) is 4. The monoisotopic (exact) mass is 436 g/mol. The van der Waals surface area contributed by atoms with Gasteiger partial charge in [0, 0.05) is 38.4 Å². The Morgan fingerprint density at radius 1 is 0.967 bits per heavy atom. The van der Waals surface area contributed by atoms with Gasteiger partial charge in [0.15, 0.2) is 0 Å². The molecule has 0 aromatic carbocycles. The average molecular weight is 437 g/mol. The Morgan fingerprint density at radius 3 is 2.43 bits per heavy atom. The molecule has 9 heteroatoms. The van der Waals surface area contributed by atoms with E-state index in [1.807, 2.05) is 0 Å². The van der Waals surface area contributed by atoms with Gasteiger partial charge in [-0.3, -0.25) is 9.59 Å². The smallest absolute Gasteiger partial charge is 0.270 e. The topological polar surface area (TPSA) is 103 Å². The fourth-order valence-electron chi connectivity index (χ4n) is 4.83. The number of rotatable bonds is 5. The van der Waals surface area contributed by atoms with Crippen LogP contribution in [0.3, 0.4) is 0 Å². The van der Waals surface area contributed by atoms with Crippen molar-refractivity contribution in [3.8, 4) is 0 Å². The molecule has 0 radical (unpaired) electrons. The largest absolute Gasteiger partial charge is 0.356 e. The molecule has 1 aromatic heterocycles. The predicted octanol–water partition coefficient (Wildman–Crippen LogP) is 2.10. The minimum Gasteiger partial charge on any atom is -0.356 e. The molecular formula is C21H32N4O4S. The molecule has 2 saturated heterocycles. The lowest BCUT2D eigenvalue weighted by molar-refractivity contribution is -0.127. The van der Waals surface area contributed by atoms with E-state index in [2.05, 4.69) is 10.3 Å². The summed E-state index contributed by atoms with van der Waals surface area (Å²) >= 11 is 0. The molecule has 2 N–H and O–H groups in total. The van der Waals surface area contributed by atoms with Crippen LogP contribution in [0.25, 0.3) is 0 Å². The van der Waals surface area contributed by atoms with Crippen molar-refractivity contribution in [2.75, 3.05) is 26.2 Å². The summed E-state index contributed by atoms with van der Waals surface area (Å²) in [5.74, 6) is -0.502. The van der Waals surface area contributed by atoms with Crippen LogP contribution in [-0.2, 0) is 14.8 Å². The Hall–Kier alpha value is -1.87. The van der Waals surface area contributed by atoms with Crippen LogP contribution in [-0.4, -0.2) is 66.6 Å². The molecule has 0 bridgehead atoms. The van der Waals surface area contributed by atoms with Gasteiger partial charge in [-0.15, -0.1) is 0 Å². The van der Waals surface area contributed by atoms with Gasteiger partial charge in [-0.05, 0) is 44.6 Å². The highest BCUT2D eigenvalue weighted by atomic mass is 32.2. The molecule has 2 aliphatic heterocycles. The second-order valence-corrected chi connectivity index (χ2v) is 10.7. The van der Waals surface area contributed by atoms with E-state index in [1.165, 1.54) is 23.0 Å². The third kappa shape index (κ3) is 4.56. The van der Waals surface area contributed by atoms with Gasteiger partial charge in [-0.25, -0.2) is 8.42 Å². The van der Waals surface area contributed by atoms with Gasteiger partial charge in [0.05, 0.1) is 5.92 Å². The van der Waals surface area contributed by atoms with Gasteiger partial charge < -0.3 is 15.2 Å². The number of hydrogen-bond donors (Lipinski definition) is 2. The number of piperidine rings is 1. The molecule has 0 unspecified atom stereocenters. The first kappa shape index (κ1) is 21.4. The molecule has 1 saturated carbocycles. The number of amides is 2. The van der Waals surface area contributed by atoms with E-state index in [-0.39, 0.29) is 35.2 Å². The number of carbonyl (C=O) groups excluding carboxylic acids is 2. The molecule has 3 aliphatic rings. The van der Waals surface area contributed by atoms with Crippen LogP contribution in [0.4, 0.5) is 0 Å². The number of nitrogens with one attached hydrogen (secondary N) is 2. The molecule has 166 valence electrons. The molecule has 1 aromatic rings. The van der Waals surface area contributed by atoms with Crippen molar-refractivity contribution in [3.05, 3.63) is 18.0 Å². The second kappa shape index (κ2) is 9.09. The lowest BCUT2D eigenvalue weighted by atomic mass is 9.93. The van der Waals surface area contributed by atoms with Crippen LogP contribution in [0.15, 0.2) is 17.2 Å². The normalized spacial score (nSPS) is 24.1. The zero-order valence-corrected chi connectivity index (χ0v) is 18.3. The first-order valence-electron chi connectivity index (χ1n) is 11.2. The highest BCUT2D eigenvalue weighted by molar-refractivity contribution is 7.89. The first-order chi connectivity index (χ1) is 14.4. The summed E-state index contributed by atoms with van der Waals surface area (Å²) in [7, 11) is -3.75. The maximum atomic E-state index is 13.2. The number of nitrogens with zero attached hydrogens (tertiary/aromatic N) is 2. The van der Waals surface area contributed by atoms with Crippen molar-refractivity contribution in [2.24, 2.45) is 5.92 Å². The fraction of sp³-hybridized carbons (Fsp3) is 0.714. The van der Waals surface area contributed by atoms with Crippen LogP contribution in [0, 0.1) is 5.92 Å². The summed E-state index contributed by atoms with van der Waals surface area (Å²) in [4.78, 5) is 29.9. The Balaban J connectivity index is 1.41. The Labute approximate surface area is 178 Å². The summed E-state index contributed by atoms with van der Waals surface area (Å²) in [6, 6.07) is 1.66. The van der Waals surface area contributed by atoms with Gasteiger partial charge in [-0.1, -0.05) is 19.3 Å². The van der Waals surface area contributed by atoms with Crippen molar-refractivity contribution >= 4 is 21.8 Å². The number of likely N-dealkylation sites (tertiary alicyclic amines) is 1. The van der Waals surface area contributed by atoms with E-state index >= 15 is 0 Å². The molecule has 8 nitrogen and oxygen atoms in total. The SMILES string of the molecule is O=C(NC1CCCCC1)[C@H]1CCCN(S(=O)(=O)c2c[nH]c(C(=O)N3CCCC3)c2)C1. The molecule has 4 rings (SSSR count). The van der Waals surface area contributed by atoms with Crippen molar-refractivity contribution in [1.29, 1.82) is 0 Å². The fourth-order valence-corrected chi connectivity index (χ4v) is 6.35. The Morgan fingerprint density at radius 2 is 1.70 bits per heavy atom. The van der Waals surface area contributed by atoms with Crippen LogP contribution in [0.1, 0.15) is 68.3 Å². The van der Waals surface area contributed by atoms with Gasteiger partial charge >= 0.3 is 0 Å². The summed E-state index contributed by atoms with van der Waals surface area (Å²) in [5.41, 5.74) is 0.305. The number of aromatic nitrogens is 1. The maximum Gasteiger partial charge on any atom is 0.270 e. The van der Waals surface area contributed by atoms with Gasteiger partial charge in [0.25, 0.3) is 5.91 Å². The lowest BCUT2D eigenvalue weighted by Gasteiger charge is -2.32. The minimum absolute atomic E-state index is 0.0271. The lowest BCUT2D eigenvalue weighted by Crippen LogP contribution is -2.47. The summed E-state index contributed by atoms with van der Waals surface area (Å²) in [6.45, 7) is 2.02. The molecule has 2 amide bonds. The van der Waals surface area contributed by atoms with E-state index in [0.717, 1.165) is 38.5 Å². The second-order valence-electron chi connectivity index (χ2n) is 8.79. The predicted molar refractivity (Wildman–Crippen MR) is 112 cm³/mol. The van der Waals surface area contributed by atoms with E-state index in [1.54, 1.807) is 4.90 Å². The highest BCUT2D eigenvalue weighted by Crippen LogP contribution is 2.26. The number of H-pyrrole nitrogens is 1. The molecule has 3 fully saturated rings. The summed E-state index contributed by atoms with van der Waals surface area (Å²) < 4.78 is 27.7. The van der Waals surface area contributed by atoms with E-state index in [9.17, 15) is 18.0 Å². The van der Waals surface area contributed by atoms with E-state index in [0.29, 0.717) is 38.2 Å². The standard InChI is InChI=1S/C21H32N4O4S/c26-20(23-17-8-2-1-3-9-17)16-7-6-12-25(15-16)30(28,29)18-13-19(22-14-18)21(27)24-10-4-5-11-24/h13-14,16-17,22H,1-12,15H2,(H,23,26)/t16-/m0/s1. The zero-order valence-electron chi connectivity index (χ0n) is 17.4. The van der Waals surface area contributed by atoms with Crippen molar-refractivity contribution in [1.82, 2.24) is 19.5 Å². The molecule has 30 heavy (non-hydrogen) atoms. The van der Waals surface area contributed by atoms with Crippen LogP contribution < -0.4 is 5.32 Å².